The van der Waals surface area contributed by atoms with Crippen molar-refractivity contribution >= 4 is 35.0 Å². The van der Waals surface area contributed by atoms with Gasteiger partial charge in [-0.3, -0.25) is 4.79 Å². The summed E-state index contributed by atoms with van der Waals surface area (Å²) in [5.41, 5.74) is 0.740. The Balaban J connectivity index is 2.08. The number of esters is 1. The third-order valence-electron chi connectivity index (χ3n) is 2.87. The molecule has 3 nitrogen and oxygen atoms in total. The van der Waals surface area contributed by atoms with E-state index in [1.165, 1.54) is 25.1 Å². The van der Waals surface area contributed by atoms with Gasteiger partial charge in [0.25, 0.3) is 0 Å². The Morgan fingerprint density at radius 2 is 1.62 bits per heavy atom. The van der Waals surface area contributed by atoms with E-state index in [9.17, 15) is 9.59 Å². The number of carbonyl (C=O) groups excluding carboxylic acids is 2. The molecule has 0 radical (unpaired) electrons. The lowest BCUT2D eigenvalue weighted by molar-refractivity contribution is 0.0319. The first-order valence-corrected chi connectivity index (χ1v) is 7.00. The summed E-state index contributed by atoms with van der Waals surface area (Å²) >= 11 is 11.6. The Hall–Kier alpha value is -1.84. The Morgan fingerprint density at radius 3 is 2.24 bits per heavy atom. The van der Waals surface area contributed by atoms with Gasteiger partial charge in [0, 0.05) is 5.56 Å². The van der Waals surface area contributed by atoms with E-state index in [1.807, 2.05) is 6.07 Å². The van der Waals surface area contributed by atoms with E-state index in [0.717, 1.165) is 0 Å². The van der Waals surface area contributed by atoms with Crippen molar-refractivity contribution in [3.63, 3.8) is 0 Å². The molecule has 0 bridgehead atoms. The fraction of sp³-hybridized carbons (Fsp3) is 0.125. The van der Waals surface area contributed by atoms with Crippen LogP contribution in [0.2, 0.25) is 10.0 Å². The molecule has 0 heterocycles. The molecule has 21 heavy (non-hydrogen) atoms. The number of benzene rings is 2. The van der Waals surface area contributed by atoms with Gasteiger partial charge in [-0.05, 0) is 25.1 Å². The zero-order valence-electron chi connectivity index (χ0n) is 11.2. The van der Waals surface area contributed by atoms with Gasteiger partial charge in [-0.25, -0.2) is 4.79 Å². The third-order valence-corrected chi connectivity index (χ3v) is 3.61. The van der Waals surface area contributed by atoms with Crippen molar-refractivity contribution in [3.8, 4) is 0 Å². The Kier molecular flexibility index (Phi) is 4.99. The van der Waals surface area contributed by atoms with Crippen LogP contribution in [0.3, 0.4) is 0 Å². The second kappa shape index (κ2) is 6.74. The molecule has 0 aliphatic carbocycles. The van der Waals surface area contributed by atoms with Crippen molar-refractivity contribution < 1.29 is 14.3 Å². The summed E-state index contributed by atoms with van der Waals surface area (Å²) in [6.07, 6.45) is -0.880. The van der Waals surface area contributed by atoms with Gasteiger partial charge in [0.05, 0.1) is 15.6 Å². The summed E-state index contributed by atoms with van der Waals surface area (Å²) in [7, 11) is 0. The molecule has 0 aliphatic heterocycles. The maximum absolute atomic E-state index is 12.1. The normalized spacial score (nSPS) is 11.8. The Bertz CT molecular complexity index is 668. The van der Waals surface area contributed by atoms with Gasteiger partial charge in [0.15, 0.2) is 6.10 Å². The number of rotatable bonds is 4. The minimum atomic E-state index is -0.880. The fourth-order valence-corrected chi connectivity index (χ4v) is 2.04. The van der Waals surface area contributed by atoms with Crippen LogP contribution < -0.4 is 0 Å². The number of hydrogen-bond donors (Lipinski definition) is 0. The highest BCUT2D eigenvalue weighted by Gasteiger charge is 2.20. The van der Waals surface area contributed by atoms with E-state index in [1.54, 1.807) is 24.3 Å². The second-order valence-electron chi connectivity index (χ2n) is 4.41. The summed E-state index contributed by atoms with van der Waals surface area (Å²) in [4.78, 5) is 24.1. The molecule has 0 N–H and O–H groups in total. The smallest absolute Gasteiger partial charge is 0.338 e. The quantitative estimate of drug-likeness (QED) is 0.618. The maximum Gasteiger partial charge on any atom is 0.338 e. The highest BCUT2D eigenvalue weighted by molar-refractivity contribution is 6.42. The number of ether oxygens (including phenoxy) is 1. The van der Waals surface area contributed by atoms with Gasteiger partial charge < -0.3 is 4.74 Å². The van der Waals surface area contributed by atoms with Crippen molar-refractivity contribution in [1.82, 2.24) is 0 Å². The standard InChI is InChI=1S/C16H12Cl2O3/c1-10(15(19)11-5-3-2-4-6-11)21-16(20)12-7-8-13(17)14(18)9-12/h2-10H,1H3/t10-/m1/s1. The molecule has 0 aliphatic rings. The average Bonchev–Trinajstić information content (AvgIpc) is 2.50. The molecule has 0 fully saturated rings. The Morgan fingerprint density at radius 1 is 0.952 bits per heavy atom. The average molecular weight is 323 g/mol. The van der Waals surface area contributed by atoms with E-state index in [4.69, 9.17) is 27.9 Å². The van der Waals surface area contributed by atoms with Crippen LogP contribution in [-0.4, -0.2) is 17.9 Å². The first kappa shape index (κ1) is 15.5. The summed E-state index contributed by atoms with van der Waals surface area (Å²) in [5.74, 6) is -0.880. The van der Waals surface area contributed by atoms with Crippen molar-refractivity contribution in [2.24, 2.45) is 0 Å². The van der Waals surface area contributed by atoms with Crippen LogP contribution >= 0.6 is 23.2 Å². The lowest BCUT2D eigenvalue weighted by Crippen LogP contribution is -2.24. The van der Waals surface area contributed by atoms with Gasteiger partial charge in [-0.1, -0.05) is 53.5 Å². The zero-order chi connectivity index (χ0) is 15.4. The third kappa shape index (κ3) is 3.84. The van der Waals surface area contributed by atoms with Gasteiger partial charge in [-0.15, -0.1) is 0 Å². The molecular weight excluding hydrogens is 311 g/mol. The number of hydrogen-bond acceptors (Lipinski definition) is 3. The Labute approximate surface area is 132 Å². The van der Waals surface area contributed by atoms with Gasteiger partial charge in [0.1, 0.15) is 0 Å². The van der Waals surface area contributed by atoms with Crippen LogP contribution in [0.25, 0.3) is 0 Å². The van der Waals surface area contributed by atoms with Crippen LogP contribution in [-0.2, 0) is 4.74 Å². The summed E-state index contributed by atoms with van der Waals surface area (Å²) < 4.78 is 5.16. The fourth-order valence-electron chi connectivity index (χ4n) is 1.74. The monoisotopic (exact) mass is 322 g/mol. The molecule has 2 rings (SSSR count). The topological polar surface area (TPSA) is 43.4 Å². The van der Waals surface area contributed by atoms with Crippen molar-refractivity contribution in [2.75, 3.05) is 0 Å². The number of Topliss-reactive ketones (excluding diaryl/α,β-unsaturated/α-hetero) is 1. The lowest BCUT2D eigenvalue weighted by Gasteiger charge is -2.12. The molecule has 0 saturated carbocycles. The van der Waals surface area contributed by atoms with Crippen molar-refractivity contribution in [1.29, 1.82) is 0 Å². The van der Waals surface area contributed by atoms with Crippen molar-refractivity contribution in [2.45, 2.75) is 13.0 Å². The molecular formula is C16H12Cl2O3. The first-order valence-electron chi connectivity index (χ1n) is 6.24. The molecule has 5 heteroatoms. The number of halogens is 2. The van der Waals surface area contributed by atoms with Gasteiger partial charge >= 0.3 is 5.97 Å². The predicted molar refractivity (Wildman–Crippen MR) is 82.1 cm³/mol. The summed E-state index contributed by atoms with van der Waals surface area (Å²) in [6.45, 7) is 1.53. The van der Waals surface area contributed by atoms with E-state index >= 15 is 0 Å². The summed E-state index contributed by atoms with van der Waals surface area (Å²) in [6, 6.07) is 13.1. The van der Waals surface area contributed by atoms with Crippen LogP contribution in [0.4, 0.5) is 0 Å². The number of ketones is 1. The van der Waals surface area contributed by atoms with Gasteiger partial charge in [0.2, 0.25) is 5.78 Å². The number of carbonyl (C=O) groups is 2. The highest BCUT2D eigenvalue weighted by Crippen LogP contribution is 2.23. The largest absolute Gasteiger partial charge is 0.451 e. The summed E-state index contributed by atoms with van der Waals surface area (Å²) in [5, 5.41) is 0.606. The van der Waals surface area contributed by atoms with E-state index in [-0.39, 0.29) is 16.4 Å². The SMILES string of the molecule is C[C@@H](OC(=O)c1ccc(Cl)c(Cl)c1)C(=O)c1ccccc1. The van der Waals surface area contributed by atoms with Crippen LogP contribution in [0.1, 0.15) is 27.6 Å². The highest BCUT2D eigenvalue weighted by atomic mass is 35.5. The molecule has 2 aromatic rings. The molecule has 108 valence electrons. The minimum Gasteiger partial charge on any atom is -0.451 e. The molecule has 0 saturated heterocycles. The first-order chi connectivity index (χ1) is 9.99. The van der Waals surface area contributed by atoms with Crippen LogP contribution in [0.5, 0.6) is 0 Å². The van der Waals surface area contributed by atoms with Crippen molar-refractivity contribution in [3.05, 3.63) is 69.7 Å². The second-order valence-corrected chi connectivity index (χ2v) is 5.22. The predicted octanol–water partition coefficient (Wildman–Crippen LogP) is 4.42. The van der Waals surface area contributed by atoms with Crippen LogP contribution in [0.15, 0.2) is 48.5 Å². The maximum atomic E-state index is 12.1. The molecule has 0 unspecified atom stereocenters. The molecule has 0 spiro atoms. The minimum absolute atomic E-state index is 0.247. The molecule has 0 amide bonds. The van der Waals surface area contributed by atoms with E-state index < -0.39 is 12.1 Å². The van der Waals surface area contributed by atoms with E-state index in [0.29, 0.717) is 10.6 Å². The molecule has 0 aromatic heterocycles. The van der Waals surface area contributed by atoms with E-state index in [2.05, 4.69) is 0 Å². The van der Waals surface area contributed by atoms with Gasteiger partial charge in [-0.2, -0.15) is 0 Å². The molecule has 2 aromatic carbocycles. The van der Waals surface area contributed by atoms with Crippen LogP contribution in [0, 0.1) is 0 Å². The zero-order valence-corrected chi connectivity index (χ0v) is 12.7. The lowest BCUT2D eigenvalue weighted by atomic mass is 10.1. The molecule has 1 atom stereocenters.